The number of aromatic carboxylic acids is 1. The second-order valence-electron chi connectivity index (χ2n) is 6.88. The van der Waals surface area contributed by atoms with Crippen LogP contribution in [0.1, 0.15) is 17.3 Å². The number of fused-ring (bicyclic) bond motifs is 1. The summed E-state index contributed by atoms with van der Waals surface area (Å²) in [6, 6.07) is 21.1. The molecule has 156 valence electrons. The number of anilines is 1. The van der Waals surface area contributed by atoms with Gasteiger partial charge in [-0.25, -0.2) is 23.2 Å². The monoisotopic (exact) mass is 433 g/mol. The molecule has 0 aliphatic rings. The molecule has 4 aromatic rings. The van der Waals surface area contributed by atoms with Gasteiger partial charge in [-0.15, -0.1) is 0 Å². The number of benzene rings is 3. The van der Waals surface area contributed by atoms with Gasteiger partial charge in [0.25, 0.3) is 0 Å². The Morgan fingerprint density at radius 2 is 1.48 bits per heavy atom. The smallest absolute Gasteiger partial charge is 0.335 e. The minimum Gasteiger partial charge on any atom is -0.478 e. The molecule has 1 heterocycles. The molecule has 3 aromatic carbocycles. The highest BCUT2D eigenvalue weighted by molar-refractivity contribution is 7.92. The molecule has 0 bridgehead atoms. The van der Waals surface area contributed by atoms with E-state index >= 15 is 0 Å². The van der Waals surface area contributed by atoms with Crippen molar-refractivity contribution in [2.24, 2.45) is 0 Å². The van der Waals surface area contributed by atoms with Crippen LogP contribution in [0.15, 0.2) is 72.8 Å². The van der Waals surface area contributed by atoms with E-state index in [1.54, 1.807) is 37.3 Å². The summed E-state index contributed by atoms with van der Waals surface area (Å²) < 4.78 is 26.1. The lowest BCUT2D eigenvalue weighted by molar-refractivity contribution is 0.0697. The number of sulfonamides is 1. The molecular weight excluding hydrogens is 414 g/mol. The van der Waals surface area contributed by atoms with Crippen molar-refractivity contribution in [3.63, 3.8) is 0 Å². The van der Waals surface area contributed by atoms with E-state index in [1.165, 1.54) is 12.1 Å². The first kappa shape index (κ1) is 20.5. The van der Waals surface area contributed by atoms with Gasteiger partial charge >= 0.3 is 5.97 Å². The average Bonchev–Trinajstić information content (AvgIpc) is 2.78. The molecule has 0 atom stereocenters. The van der Waals surface area contributed by atoms with Crippen molar-refractivity contribution >= 4 is 32.7 Å². The fraction of sp³-hybridized carbons (Fsp3) is 0.0870. The predicted octanol–water partition coefficient (Wildman–Crippen LogP) is 4.42. The molecule has 4 rings (SSSR count). The molecule has 0 spiro atoms. The third-order valence-corrected chi connectivity index (χ3v) is 6.08. The van der Waals surface area contributed by atoms with Crippen LogP contribution >= 0.6 is 0 Å². The second kappa shape index (κ2) is 8.16. The van der Waals surface area contributed by atoms with Gasteiger partial charge in [-0.3, -0.25) is 4.72 Å². The summed E-state index contributed by atoms with van der Waals surface area (Å²) in [6.07, 6.45) is 0. The Morgan fingerprint density at radius 3 is 2.10 bits per heavy atom. The van der Waals surface area contributed by atoms with Crippen molar-refractivity contribution in [2.45, 2.75) is 6.92 Å². The maximum Gasteiger partial charge on any atom is 0.335 e. The Morgan fingerprint density at radius 1 is 0.871 bits per heavy atom. The summed E-state index contributed by atoms with van der Waals surface area (Å²) in [5.74, 6) is -1.06. The van der Waals surface area contributed by atoms with Crippen molar-refractivity contribution in [3.8, 4) is 22.5 Å². The molecular formula is C23H19N3O4S. The molecule has 0 amide bonds. The largest absolute Gasteiger partial charge is 0.478 e. The van der Waals surface area contributed by atoms with Crippen molar-refractivity contribution in [3.05, 3.63) is 78.4 Å². The number of hydrogen-bond donors (Lipinski definition) is 2. The van der Waals surface area contributed by atoms with Gasteiger partial charge in [0, 0.05) is 16.8 Å². The number of rotatable bonds is 6. The van der Waals surface area contributed by atoms with Gasteiger partial charge in [-0.1, -0.05) is 42.5 Å². The highest BCUT2D eigenvalue weighted by atomic mass is 32.2. The standard InChI is InChI=1S/C23H19N3O4S/c1-2-31(29,30)26-18-11-8-16(9-12-18)22-21(15-6-4-3-5-7-15)24-19-13-10-17(23(27)28)14-20(19)25-22/h3-14,26H,2H2,1H3,(H,27,28). The number of nitrogens with zero attached hydrogens (tertiary/aromatic N) is 2. The highest BCUT2D eigenvalue weighted by Gasteiger charge is 2.15. The van der Waals surface area contributed by atoms with Crippen LogP contribution in [0.4, 0.5) is 5.69 Å². The van der Waals surface area contributed by atoms with E-state index in [4.69, 9.17) is 9.97 Å². The van der Waals surface area contributed by atoms with Crippen LogP contribution in [0.3, 0.4) is 0 Å². The zero-order chi connectivity index (χ0) is 22.0. The molecule has 1 aromatic heterocycles. The quantitative estimate of drug-likeness (QED) is 0.466. The Bertz CT molecular complexity index is 1370. The van der Waals surface area contributed by atoms with Crippen LogP contribution in [-0.2, 0) is 10.0 Å². The molecule has 0 aliphatic heterocycles. The summed E-state index contributed by atoms with van der Waals surface area (Å²) in [4.78, 5) is 20.8. The first-order chi connectivity index (χ1) is 14.9. The molecule has 0 radical (unpaired) electrons. The third kappa shape index (κ3) is 4.39. The van der Waals surface area contributed by atoms with Crippen molar-refractivity contribution in [1.82, 2.24) is 9.97 Å². The fourth-order valence-corrected chi connectivity index (χ4v) is 3.77. The van der Waals surface area contributed by atoms with Gasteiger partial charge in [-0.05, 0) is 37.3 Å². The van der Waals surface area contributed by atoms with Gasteiger partial charge in [0.1, 0.15) is 0 Å². The number of hydrogen-bond acceptors (Lipinski definition) is 5. The minimum atomic E-state index is -3.38. The van der Waals surface area contributed by atoms with E-state index in [-0.39, 0.29) is 11.3 Å². The molecule has 0 saturated heterocycles. The average molecular weight is 433 g/mol. The first-order valence-electron chi connectivity index (χ1n) is 9.58. The summed E-state index contributed by atoms with van der Waals surface area (Å²) in [7, 11) is -3.38. The lowest BCUT2D eigenvalue weighted by atomic mass is 10.0. The lowest BCUT2D eigenvalue weighted by Gasteiger charge is -2.12. The fourth-order valence-electron chi connectivity index (χ4n) is 3.13. The lowest BCUT2D eigenvalue weighted by Crippen LogP contribution is -2.14. The molecule has 7 nitrogen and oxygen atoms in total. The highest BCUT2D eigenvalue weighted by Crippen LogP contribution is 2.32. The zero-order valence-electron chi connectivity index (χ0n) is 16.6. The van der Waals surface area contributed by atoms with Gasteiger partial charge < -0.3 is 5.11 Å². The Kier molecular flexibility index (Phi) is 5.39. The van der Waals surface area contributed by atoms with E-state index in [9.17, 15) is 18.3 Å². The zero-order valence-corrected chi connectivity index (χ0v) is 17.4. The predicted molar refractivity (Wildman–Crippen MR) is 120 cm³/mol. The third-order valence-electron chi connectivity index (χ3n) is 4.77. The molecule has 0 aliphatic carbocycles. The SMILES string of the molecule is CCS(=O)(=O)Nc1ccc(-c2nc3cc(C(=O)O)ccc3nc2-c2ccccc2)cc1. The van der Waals surface area contributed by atoms with Crippen molar-refractivity contribution < 1.29 is 18.3 Å². The van der Waals surface area contributed by atoms with E-state index in [1.807, 2.05) is 30.3 Å². The van der Waals surface area contributed by atoms with Crippen LogP contribution in [0.25, 0.3) is 33.5 Å². The Labute approximate surface area is 179 Å². The van der Waals surface area contributed by atoms with Crippen LogP contribution in [-0.4, -0.2) is 35.2 Å². The summed E-state index contributed by atoms with van der Waals surface area (Å²) >= 11 is 0. The minimum absolute atomic E-state index is 0.0189. The number of carboxylic acid groups (broad SMARTS) is 1. The number of nitrogens with one attached hydrogen (secondary N) is 1. The van der Waals surface area contributed by atoms with E-state index in [0.717, 1.165) is 11.1 Å². The second-order valence-corrected chi connectivity index (χ2v) is 8.89. The topological polar surface area (TPSA) is 109 Å². The van der Waals surface area contributed by atoms with Crippen LogP contribution in [0.5, 0.6) is 0 Å². The number of carbonyl (C=O) groups is 1. The van der Waals surface area contributed by atoms with Crippen LogP contribution in [0.2, 0.25) is 0 Å². The summed E-state index contributed by atoms with van der Waals surface area (Å²) in [5, 5.41) is 9.30. The van der Waals surface area contributed by atoms with E-state index < -0.39 is 16.0 Å². The molecule has 2 N–H and O–H groups in total. The maximum atomic E-state index is 11.8. The Hall–Kier alpha value is -3.78. The van der Waals surface area contributed by atoms with Gasteiger partial charge in [0.2, 0.25) is 10.0 Å². The maximum absolute atomic E-state index is 11.8. The van der Waals surface area contributed by atoms with E-state index in [2.05, 4.69) is 4.72 Å². The van der Waals surface area contributed by atoms with Crippen molar-refractivity contribution in [2.75, 3.05) is 10.5 Å². The molecule has 0 saturated carbocycles. The Balaban J connectivity index is 1.87. The van der Waals surface area contributed by atoms with Gasteiger partial charge in [0.05, 0.1) is 33.7 Å². The normalized spacial score (nSPS) is 11.4. The molecule has 8 heteroatoms. The molecule has 0 fully saturated rings. The van der Waals surface area contributed by atoms with E-state index in [0.29, 0.717) is 28.1 Å². The van der Waals surface area contributed by atoms with Crippen molar-refractivity contribution in [1.29, 1.82) is 0 Å². The van der Waals surface area contributed by atoms with Gasteiger partial charge in [0.15, 0.2) is 0 Å². The van der Waals surface area contributed by atoms with Crippen LogP contribution < -0.4 is 4.72 Å². The molecule has 0 unspecified atom stereocenters. The number of aromatic nitrogens is 2. The summed E-state index contributed by atoms with van der Waals surface area (Å²) in [6.45, 7) is 1.57. The first-order valence-corrected chi connectivity index (χ1v) is 11.2. The molecule has 31 heavy (non-hydrogen) atoms. The summed E-state index contributed by atoms with van der Waals surface area (Å²) in [5.41, 5.74) is 4.45. The number of carboxylic acids is 1. The van der Waals surface area contributed by atoms with Gasteiger partial charge in [-0.2, -0.15) is 0 Å². The van der Waals surface area contributed by atoms with Crippen LogP contribution in [0, 0.1) is 0 Å².